The first-order valence-corrected chi connectivity index (χ1v) is 3.37. The van der Waals surface area contributed by atoms with Crippen LogP contribution in [0.15, 0.2) is 12.8 Å². The normalized spacial score (nSPS) is 9.12. The molecule has 0 aliphatic carbocycles. The fraction of sp³-hybridized carbons (Fsp3) is 0.333. The van der Waals surface area contributed by atoms with Gasteiger partial charge in [-0.1, -0.05) is 6.58 Å². The van der Waals surface area contributed by atoms with Crippen molar-refractivity contribution in [3.63, 3.8) is 0 Å². The molecule has 0 aromatic carbocycles. The van der Waals surface area contributed by atoms with Crippen molar-refractivity contribution in [2.45, 2.75) is 0 Å². The fourth-order valence-corrected chi connectivity index (χ4v) is 0.371. The van der Waals surface area contributed by atoms with Crippen molar-refractivity contribution in [3.8, 4) is 0 Å². The summed E-state index contributed by atoms with van der Waals surface area (Å²) in [7, 11) is -3.29. The minimum absolute atomic E-state index is 0. The Bertz CT molecular complexity index is 152. The van der Waals surface area contributed by atoms with Crippen molar-refractivity contribution in [1.29, 1.82) is 0 Å². The molecule has 0 saturated carbocycles. The molecule has 0 radical (unpaired) electrons. The van der Waals surface area contributed by atoms with Crippen LogP contribution in [-0.4, -0.2) is 14.7 Å². The monoisotopic (exact) mass is 146 g/mol. The second-order valence-electron chi connectivity index (χ2n) is 0.967. The van der Waals surface area contributed by atoms with Gasteiger partial charge in [-0.25, -0.2) is 0 Å². The summed E-state index contributed by atoms with van der Waals surface area (Å²) in [6.45, 7) is 3.04. The van der Waals surface area contributed by atoms with Crippen molar-refractivity contribution in [1.82, 2.24) is 0 Å². The summed E-state index contributed by atoms with van der Waals surface area (Å²) >= 11 is 0. The Morgan fingerprint density at radius 1 is 1.75 bits per heavy atom. The zero-order valence-corrected chi connectivity index (χ0v) is 7.73. The van der Waals surface area contributed by atoms with Crippen LogP contribution in [0.4, 0.5) is 0 Å². The van der Waals surface area contributed by atoms with Gasteiger partial charge in [0.25, 0.3) is 0 Å². The maximum absolute atomic E-state index is 9.94. The van der Waals surface area contributed by atoms with Gasteiger partial charge in [-0.2, -0.15) is 8.42 Å². The Kier molecular flexibility index (Phi) is 6.19. The van der Waals surface area contributed by atoms with Crippen LogP contribution in [0.25, 0.3) is 0 Å². The van der Waals surface area contributed by atoms with Gasteiger partial charge in [0.1, 0.15) is 0 Å². The molecular formula is C3H7NaO3S. The van der Waals surface area contributed by atoms with E-state index in [4.69, 9.17) is 0 Å². The van der Waals surface area contributed by atoms with Gasteiger partial charge in [0.15, 0.2) is 0 Å². The van der Waals surface area contributed by atoms with E-state index in [1.165, 1.54) is 0 Å². The quantitative estimate of drug-likeness (QED) is 0.240. The Morgan fingerprint density at radius 3 is 2.12 bits per heavy atom. The minimum atomic E-state index is -3.29. The molecule has 0 aromatic heterocycles. The molecule has 5 heteroatoms. The van der Waals surface area contributed by atoms with Crippen LogP contribution in [0.5, 0.6) is 0 Å². The van der Waals surface area contributed by atoms with Gasteiger partial charge in [-0.05, 0) is 0 Å². The average molecular weight is 146 g/mol. The molecule has 0 fully saturated rings. The molecule has 0 aliphatic heterocycles. The molecule has 0 atom stereocenters. The van der Waals surface area contributed by atoms with E-state index in [0.29, 0.717) is 0 Å². The molecule has 0 amide bonds. The molecule has 0 aromatic rings. The Morgan fingerprint density at radius 2 is 2.12 bits per heavy atom. The van der Waals surface area contributed by atoms with Crippen molar-refractivity contribution in [3.05, 3.63) is 12.8 Å². The maximum Gasteiger partial charge on any atom is 1.00 e. The van der Waals surface area contributed by atoms with Crippen LogP contribution in [0, 0.1) is 0 Å². The van der Waals surface area contributed by atoms with Crippen LogP contribution >= 0.6 is 0 Å². The van der Waals surface area contributed by atoms with Crippen molar-refractivity contribution >= 4 is 10.1 Å². The van der Waals surface area contributed by atoms with Crippen LogP contribution in [0.1, 0.15) is 1.43 Å². The van der Waals surface area contributed by atoms with Gasteiger partial charge in [-0.3, -0.25) is 0 Å². The molecular weight excluding hydrogens is 139 g/mol. The second-order valence-corrected chi connectivity index (χ2v) is 2.57. The van der Waals surface area contributed by atoms with E-state index in [0.717, 1.165) is 12.5 Å². The van der Waals surface area contributed by atoms with Gasteiger partial charge < -0.3 is 5.61 Å². The molecule has 0 bridgehead atoms. The summed E-state index contributed by atoms with van der Waals surface area (Å²) < 4.78 is 23.8. The van der Waals surface area contributed by atoms with E-state index in [9.17, 15) is 8.42 Å². The first kappa shape index (κ1) is 11.3. The summed E-state index contributed by atoms with van der Waals surface area (Å²) in [5.41, 5.74) is 0. The third-order valence-corrected chi connectivity index (χ3v) is 0.729. The summed E-state index contributed by atoms with van der Waals surface area (Å²) in [5, 5.41) is 0. The summed E-state index contributed by atoms with van der Waals surface area (Å²) in [6.07, 6.45) is 1.82. The van der Waals surface area contributed by atoms with E-state index in [-0.39, 0.29) is 31.0 Å². The van der Waals surface area contributed by atoms with Gasteiger partial charge in [0, 0.05) is 0 Å². The summed E-state index contributed by atoms with van der Waals surface area (Å²) in [6, 6.07) is 0. The van der Waals surface area contributed by atoms with E-state index in [1.54, 1.807) is 0 Å². The minimum Gasteiger partial charge on any atom is -1.00 e. The fourth-order valence-electron chi connectivity index (χ4n) is 0.124. The SMILES string of the molecule is C=COS(C)(=O)=O.[H-].[Na+]. The molecule has 0 rings (SSSR count). The van der Waals surface area contributed by atoms with Crippen LogP contribution in [0.2, 0.25) is 0 Å². The number of hydrogen-bond donors (Lipinski definition) is 0. The largest absolute Gasteiger partial charge is 1.00 e. The van der Waals surface area contributed by atoms with Crippen LogP contribution < -0.4 is 29.6 Å². The van der Waals surface area contributed by atoms with Gasteiger partial charge in [0.05, 0.1) is 12.5 Å². The Balaban J connectivity index is -0.000000180. The molecule has 0 aliphatic rings. The number of rotatable bonds is 2. The third kappa shape index (κ3) is 9.70. The number of hydrogen-bond acceptors (Lipinski definition) is 3. The smallest absolute Gasteiger partial charge is 1.00 e. The van der Waals surface area contributed by atoms with E-state index in [2.05, 4.69) is 10.8 Å². The first-order chi connectivity index (χ1) is 3.06. The van der Waals surface area contributed by atoms with Crippen molar-refractivity contribution in [2.75, 3.05) is 6.26 Å². The Labute approximate surface area is 72.6 Å². The predicted octanol–water partition coefficient (Wildman–Crippen LogP) is -2.78. The molecule has 0 heterocycles. The summed E-state index contributed by atoms with van der Waals surface area (Å²) in [5.74, 6) is 0. The summed E-state index contributed by atoms with van der Waals surface area (Å²) in [4.78, 5) is 0. The molecule has 0 unspecified atom stereocenters. The molecule has 0 spiro atoms. The van der Waals surface area contributed by atoms with E-state index >= 15 is 0 Å². The second kappa shape index (κ2) is 4.38. The molecule has 8 heavy (non-hydrogen) atoms. The van der Waals surface area contributed by atoms with Gasteiger partial charge in [0.2, 0.25) is 0 Å². The van der Waals surface area contributed by atoms with Crippen molar-refractivity contribution in [2.24, 2.45) is 0 Å². The van der Waals surface area contributed by atoms with Crippen LogP contribution in [-0.2, 0) is 14.3 Å². The zero-order chi connectivity index (χ0) is 5.91. The van der Waals surface area contributed by atoms with E-state index < -0.39 is 10.1 Å². The first-order valence-electron chi connectivity index (χ1n) is 1.55. The molecule has 0 N–H and O–H groups in total. The topological polar surface area (TPSA) is 43.4 Å². The molecule has 0 saturated heterocycles. The maximum atomic E-state index is 9.94. The predicted molar refractivity (Wildman–Crippen MR) is 27.2 cm³/mol. The Hall–Kier alpha value is 0.490. The van der Waals surface area contributed by atoms with Gasteiger partial charge >= 0.3 is 39.7 Å². The zero-order valence-electron chi connectivity index (χ0n) is 5.92. The standard InChI is InChI=1S/C3H6O3S.Na.H/c1-3-6-7(2,4)5;;/h3H,1H2,2H3;;/q;+1;-1. The molecule has 3 nitrogen and oxygen atoms in total. The van der Waals surface area contributed by atoms with Gasteiger partial charge in [-0.15, -0.1) is 0 Å². The van der Waals surface area contributed by atoms with E-state index in [1.807, 2.05) is 0 Å². The van der Waals surface area contributed by atoms with Crippen molar-refractivity contribution < 1.29 is 43.6 Å². The average Bonchev–Trinajstić information content (AvgIpc) is 1.30. The van der Waals surface area contributed by atoms with Crippen LogP contribution in [0.3, 0.4) is 0 Å². The molecule has 44 valence electrons. The third-order valence-electron chi connectivity index (χ3n) is 0.243.